The fourth-order valence-electron chi connectivity index (χ4n) is 2.50. The van der Waals surface area contributed by atoms with Crippen LogP contribution in [0.1, 0.15) is 41.2 Å². The summed E-state index contributed by atoms with van der Waals surface area (Å²) in [6.45, 7) is 8.67. The van der Waals surface area contributed by atoms with Crippen molar-refractivity contribution in [3.05, 3.63) is 46.8 Å². The molecular weight excluding hydrogens is 280 g/mol. The van der Waals surface area contributed by atoms with E-state index in [1.54, 1.807) is 24.3 Å². The lowest BCUT2D eigenvalue weighted by Crippen LogP contribution is -2.06. The molecule has 0 aliphatic carbocycles. The first-order chi connectivity index (χ1) is 10.5. The van der Waals surface area contributed by atoms with Crippen LogP contribution in [0.2, 0.25) is 0 Å². The molecule has 0 spiro atoms. The van der Waals surface area contributed by atoms with Crippen molar-refractivity contribution in [2.45, 2.75) is 34.2 Å². The Kier molecular flexibility index (Phi) is 4.60. The molecule has 2 aromatic rings. The molecule has 22 heavy (non-hydrogen) atoms. The van der Waals surface area contributed by atoms with Crippen molar-refractivity contribution in [2.24, 2.45) is 5.10 Å². The molecule has 6 heteroatoms. The number of para-hydroxylation sites is 1. The Bertz CT molecular complexity index is 732. The van der Waals surface area contributed by atoms with Gasteiger partial charge in [-0.1, -0.05) is 12.1 Å². The van der Waals surface area contributed by atoms with Gasteiger partial charge in [0.1, 0.15) is 0 Å². The Morgan fingerprint density at radius 3 is 2.64 bits per heavy atom. The van der Waals surface area contributed by atoms with E-state index in [1.807, 2.05) is 32.4 Å². The van der Waals surface area contributed by atoms with E-state index in [1.165, 1.54) is 0 Å². The Balaban J connectivity index is 2.32. The first-order valence-electron chi connectivity index (χ1n) is 7.12. The SMILES string of the molecule is CCn1nc(C)c(/C(C)=N/Nc2ccccc2C(=O)O)c1C. The summed E-state index contributed by atoms with van der Waals surface area (Å²) in [7, 11) is 0. The fraction of sp³-hybridized carbons (Fsp3) is 0.312. The van der Waals surface area contributed by atoms with Gasteiger partial charge in [0.2, 0.25) is 0 Å². The van der Waals surface area contributed by atoms with Crippen LogP contribution < -0.4 is 5.43 Å². The van der Waals surface area contributed by atoms with Crippen LogP contribution in [0.5, 0.6) is 0 Å². The van der Waals surface area contributed by atoms with Crippen LogP contribution in [0.25, 0.3) is 0 Å². The maximum atomic E-state index is 11.2. The molecule has 0 radical (unpaired) electrons. The number of aromatic carboxylic acids is 1. The van der Waals surface area contributed by atoms with E-state index in [2.05, 4.69) is 15.6 Å². The summed E-state index contributed by atoms with van der Waals surface area (Å²) >= 11 is 0. The van der Waals surface area contributed by atoms with E-state index < -0.39 is 5.97 Å². The van der Waals surface area contributed by atoms with Gasteiger partial charge in [-0.15, -0.1) is 0 Å². The van der Waals surface area contributed by atoms with Crippen molar-refractivity contribution in [1.29, 1.82) is 0 Å². The summed E-state index contributed by atoms with van der Waals surface area (Å²) in [6.07, 6.45) is 0. The average Bonchev–Trinajstić information content (AvgIpc) is 2.79. The minimum absolute atomic E-state index is 0.191. The number of nitrogens with one attached hydrogen (secondary N) is 1. The van der Waals surface area contributed by atoms with E-state index >= 15 is 0 Å². The zero-order valence-corrected chi connectivity index (χ0v) is 13.2. The van der Waals surface area contributed by atoms with Crippen LogP contribution >= 0.6 is 0 Å². The number of anilines is 1. The molecule has 0 aliphatic rings. The molecule has 0 saturated carbocycles. The van der Waals surface area contributed by atoms with Gasteiger partial charge in [-0.2, -0.15) is 10.2 Å². The molecule has 0 fully saturated rings. The second-order valence-corrected chi connectivity index (χ2v) is 5.02. The van der Waals surface area contributed by atoms with Crippen LogP contribution in [0.15, 0.2) is 29.4 Å². The minimum atomic E-state index is -0.984. The summed E-state index contributed by atoms with van der Waals surface area (Å²) in [6, 6.07) is 6.69. The number of carboxylic acids is 1. The summed E-state index contributed by atoms with van der Waals surface area (Å²) in [5, 5.41) is 18.0. The summed E-state index contributed by atoms with van der Waals surface area (Å²) in [4.78, 5) is 11.2. The quantitative estimate of drug-likeness (QED) is 0.657. The lowest BCUT2D eigenvalue weighted by atomic mass is 10.1. The molecule has 0 aliphatic heterocycles. The predicted molar refractivity (Wildman–Crippen MR) is 86.6 cm³/mol. The lowest BCUT2D eigenvalue weighted by Gasteiger charge is -2.07. The fourth-order valence-corrected chi connectivity index (χ4v) is 2.50. The number of rotatable bonds is 5. The van der Waals surface area contributed by atoms with Gasteiger partial charge in [0.05, 0.1) is 22.7 Å². The molecule has 2 rings (SSSR count). The van der Waals surface area contributed by atoms with Crippen molar-refractivity contribution >= 4 is 17.4 Å². The van der Waals surface area contributed by atoms with Crippen LogP contribution in [-0.2, 0) is 6.54 Å². The van der Waals surface area contributed by atoms with Gasteiger partial charge >= 0.3 is 5.97 Å². The number of carboxylic acid groups (broad SMARTS) is 1. The van der Waals surface area contributed by atoms with Crippen molar-refractivity contribution < 1.29 is 9.90 Å². The smallest absolute Gasteiger partial charge is 0.337 e. The molecule has 0 bridgehead atoms. The number of aromatic nitrogens is 2. The lowest BCUT2D eigenvalue weighted by molar-refractivity contribution is 0.0698. The second kappa shape index (κ2) is 6.43. The Hall–Kier alpha value is -2.63. The van der Waals surface area contributed by atoms with Crippen LogP contribution in [0, 0.1) is 13.8 Å². The molecule has 1 aromatic carbocycles. The van der Waals surface area contributed by atoms with Gasteiger partial charge < -0.3 is 5.11 Å². The number of hydrogen-bond donors (Lipinski definition) is 2. The number of nitrogens with zero attached hydrogens (tertiary/aromatic N) is 3. The number of aryl methyl sites for hydroxylation is 2. The van der Waals surface area contributed by atoms with E-state index in [0.29, 0.717) is 5.69 Å². The van der Waals surface area contributed by atoms with Gasteiger partial charge in [-0.25, -0.2) is 4.79 Å². The second-order valence-electron chi connectivity index (χ2n) is 5.02. The van der Waals surface area contributed by atoms with Crippen LogP contribution in [0.4, 0.5) is 5.69 Å². The number of hydrogen-bond acceptors (Lipinski definition) is 4. The van der Waals surface area contributed by atoms with E-state index in [9.17, 15) is 4.79 Å². The summed E-state index contributed by atoms with van der Waals surface area (Å²) in [5.41, 5.74) is 7.22. The number of hydrazone groups is 1. The molecule has 1 aromatic heterocycles. The maximum Gasteiger partial charge on any atom is 0.337 e. The molecule has 0 unspecified atom stereocenters. The normalized spacial score (nSPS) is 11.5. The Morgan fingerprint density at radius 1 is 1.36 bits per heavy atom. The van der Waals surface area contributed by atoms with Gasteiger partial charge in [0.25, 0.3) is 0 Å². The molecule has 0 atom stereocenters. The maximum absolute atomic E-state index is 11.2. The summed E-state index contributed by atoms with van der Waals surface area (Å²) < 4.78 is 1.93. The first-order valence-corrected chi connectivity index (χ1v) is 7.12. The largest absolute Gasteiger partial charge is 0.478 e. The highest BCUT2D eigenvalue weighted by Crippen LogP contribution is 2.17. The van der Waals surface area contributed by atoms with Crippen LogP contribution in [0.3, 0.4) is 0 Å². The zero-order chi connectivity index (χ0) is 16.3. The van der Waals surface area contributed by atoms with Crippen molar-refractivity contribution in [3.8, 4) is 0 Å². The Morgan fingerprint density at radius 2 is 2.05 bits per heavy atom. The third kappa shape index (κ3) is 3.00. The van der Waals surface area contributed by atoms with E-state index in [-0.39, 0.29) is 5.56 Å². The third-order valence-corrected chi connectivity index (χ3v) is 3.54. The van der Waals surface area contributed by atoms with E-state index in [4.69, 9.17) is 5.11 Å². The monoisotopic (exact) mass is 300 g/mol. The Labute approximate surface area is 129 Å². The van der Waals surface area contributed by atoms with Crippen molar-refractivity contribution in [1.82, 2.24) is 9.78 Å². The third-order valence-electron chi connectivity index (χ3n) is 3.54. The highest BCUT2D eigenvalue weighted by Gasteiger charge is 2.14. The van der Waals surface area contributed by atoms with Gasteiger partial charge in [-0.3, -0.25) is 10.1 Å². The minimum Gasteiger partial charge on any atom is -0.478 e. The first kappa shape index (κ1) is 15.8. The number of benzene rings is 1. The predicted octanol–water partition coefficient (Wildman–Crippen LogP) is 3.05. The molecule has 2 N–H and O–H groups in total. The van der Waals surface area contributed by atoms with Gasteiger partial charge in [0.15, 0.2) is 0 Å². The molecule has 6 nitrogen and oxygen atoms in total. The summed E-state index contributed by atoms with van der Waals surface area (Å²) in [5.74, 6) is -0.984. The van der Waals surface area contributed by atoms with Crippen molar-refractivity contribution in [3.63, 3.8) is 0 Å². The zero-order valence-electron chi connectivity index (χ0n) is 13.2. The highest BCUT2D eigenvalue weighted by molar-refractivity contribution is 6.01. The molecule has 1 heterocycles. The average molecular weight is 300 g/mol. The molecular formula is C16H20N4O2. The molecule has 0 saturated heterocycles. The number of carbonyl (C=O) groups is 1. The van der Waals surface area contributed by atoms with E-state index in [0.717, 1.165) is 29.2 Å². The topological polar surface area (TPSA) is 79.5 Å². The van der Waals surface area contributed by atoms with Crippen LogP contribution in [-0.4, -0.2) is 26.6 Å². The van der Waals surface area contributed by atoms with Gasteiger partial charge in [-0.05, 0) is 39.8 Å². The van der Waals surface area contributed by atoms with Gasteiger partial charge in [0, 0.05) is 17.8 Å². The molecule has 0 amide bonds. The highest BCUT2D eigenvalue weighted by atomic mass is 16.4. The standard InChI is InChI=1S/C16H20N4O2/c1-5-20-12(4)15(11(3)19-20)10(2)17-18-14-9-7-6-8-13(14)16(21)22/h6-9,18H,5H2,1-4H3,(H,21,22)/b17-10+. The van der Waals surface area contributed by atoms with Crippen molar-refractivity contribution in [2.75, 3.05) is 5.43 Å². The molecule has 116 valence electrons.